The van der Waals surface area contributed by atoms with E-state index in [0.29, 0.717) is 0 Å². The maximum atomic E-state index is 5.55. The van der Waals surface area contributed by atoms with Gasteiger partial charge in [0.05, 0.1) is 0 Å². The van der Waals surface area contributed by atoms with Gasteiger partial charge in [0.2, 0.25) is 0 Å². The maximum Gasteiger partial charge on any atom is 0.133 e. The summed E-state index contributed by atoms with van der Waals surface area (Å²) in [5.41, 5.74) is 3.23. The van der Waals surface area contributed by atoms with Gasteiger partial charge in [-0.15, -0.1) is 0 Å². The normalized spacial score (nSPS) is 20.0. The zero-order chi connectivity index (χ0) is 16.4. The Labute approximate surface area is 148 Å². The van der Waals surface area contributed by atoms with Crippen LogP contribution in [-0.2, 0) is 6.54 Å². The molecule has 1 N–H and O–H groups in total. The molecular weight excluding hydrogens is 314 g/mol. The van der Waals surface area contributed by atoms with Crippen molar-refractivity contribution in [3.8, 4) is 0 Å². The molecule has 0 aliphatic carbocycles. The number of thiocarbonyl (C=S) groups is 1. The summed E-state index contributed by atoms with van der Waals surface area (Å²) >= 11 is 5.55. The summed E-state index contributed by atoms with van der Waals surface area (Å²) in [6, 6.07) is 20.9. The van der Waals surface area contributed by atoms with Crippen molar-refractivity contribution in [1.29, 1.82) is 0 Å². The largest absolute Gasteiger partial charge is 0.350 e. The Bertz CT molecular complexity index is 747. The molecule has 2 aromatic rings. The van der Waals surface area contributed by atoms with E-state index >= 15 is 0 Å². The fraction of sp³-hybridized carbons (Fsp3) is 0.300. The Morgan fingerprint density at radius 2 is 1.58 bits per heavy atom. The van der Waals surface area contributed by atoms with Gasteiger partial charge >= 0.3 is 0 Å². The molecule has 24 heavy (non-hydrogen) atoms. The minimum absolute atomic E-state index is 0.199. The minimum atomic E-state index is -0.199. The second-order valence-corrected chi connectivity index (χ2v) is 6.98. The molecule has 2 aliphatic heterocycles. The lowest BCUT2D eigenvalue weighted by atomic mass is 9.97. The first kappa shape index (κ1) is 15.5. The Kier molecular flexibility index (Phi) is 4.17. The zero-order valence-corrected chi connectivity index (χ0v) is 14.4. The zero-order valence-electron chi connectivity index (χ0n) is 13.6. The van der Waals surface area contributed by atoms with Gasteiger partial charge in [-0.2, -0.15) is 0 Å². The summed E-state index contributed by atoms with van der Waals surface area (Å²) in [5.74, 6) is 0. The van der Waals surface area contributed by atoms with E-state index in [0.717, 1.165) is 48.7 Å². The summed E-state index contributed by atoms with van der Waals surface area (Å²) in [6.45, 7) is 3.09. The van der Waals surface area contributed by atoms with E-state index < -0.39 is 0 Å². The van der Waals surface area contributed by atoms with Gasteiger partial charge in [-0.05, 0) is 5.56 Å². The van der Waals surface area contributed by atoms with E-state index in [1.807, 2.05) is 18.2 Å². The molecule has 4 heteroatoms. The molecule has 0 unspecified atom stereocenters. The van der Waals surface area contributed by atoms with Crippen LogP contribution in [0.3, 0.4) is 0 Å². The lowest BCUT2D eigenvalue weighted by molar-refractivity contribution is 0.151. The van der Waals surface area contributed by atoms with Crippen LogP contribution < -0.4 is 5.32 Å². The summed E-state index contributed by atoms with van der Waals surface area (Å²) in [5, 5.41) is 3.50. The number of hydrogen-bond acceptors (Lipinski definition) is 3. The maximum absolute atomic E-state index is 5.55. The van der Waals surface area contributed by atoms with Crippen molar-refractivity contribution in [2.75, 3.05) is 13.1 Å². The number of benzene rings is 2. The molecule has 0 bridgehead atoms. The molecule has 4 rings (SSSR count). The predicted molar refractivity (Wildman–Crippen MR) is 102 cm³/mol. The first-order chi connectivity index (χ1) is 11.7. The van der Waals surface area contributed by atoms with Crippen LogP contribution in [0, 0.1) is 0 Å². The third kappa shape index (κ3) is 3.12. The monoisotopic (exact) mass is 335 g/mol. The highest BCUT2D eigenvalue weighted by Crippen LogP contribution is 2.29. The highest BCUT2D eigenvalue weighted by molar-refractivity contribution is 7.82. The molecule has 2 aliphatic rings. The first-order valence-corrected chi connectivity index (χ1v) is 8.89. The predicted octanol–water partition coefficient (Wildman–Crippen LogP) is 3.40. The van der Waals surface area contributed by atoms with Crippen LogP contribution in [0.2, 0.25) is 0 Å². The van der Waals surface area contributed by atoms with Crippen LogP contribution in [0.4, 0.5) is 0 Å². The van der Waals surface area contributed by atoms with Gasteiger partial charge in [-0.3, -0.25) is 9.89 Å². The second kappa shape index (κ2) is 6.46. The number of rotatable bonds is 3. The molecule has 0 atom stereocenters. The van der Waals surface area contributed by atoms with Gasteiger partial charge in [0.25, 0.3) is 0 Å². The summed E-state index contributed by atoms with van der Waals surface area (Å²) in [7, 11) is 0. The fourth-order valence-corrected chi connectivity index (χ4v) is 3.87. The van der Waals surface area contributed by atoms with Crippen LogP contribution >= 0.6 is 12.2 Å². The van der Waals surface area contributed by atoms with Crippen molar-refractivity contribution < 1.29 is 0 Å². The molecule has 0 aromatic heterocycles. The van der Waals surface area contributed by atoms with Crippen LogP contribution in [-0.4, -0.2) is 34.4 Å². The number of aliphatic imine (C=N–C) groups is 1. The molecule has 0 radical (unpaired) electrons. The number of nitrogens with one attached hydrogen (secondary N) is 1. The number of hydrogen-bond donors (Lipinski definition) is 1. The fourth-order valence-electron chi connectivity index (χ4n) is 3.51. The van der Waals surface area contributed by atoms with E-state index in [1.54, 1.807) is 0 Å². The minimum Gasteiger partial charge on any atom is -0.350 e. The number of likely N-dealkylation sites (tertiary alicyclic amines) is 1. The van der Waals surface area contributed by atoms with Crippen LogP contribution in [0.25, 0.3) is 0 Å². The van der Waals surface area contributed by atoms with Crippen molar-refractivity contribution in [2.24, 2.45) is 4.99 Å². The third-order valence-electron chi connectivity index (χ3n) is 4.87. The lowest BCUT2D eigenvalue weighted by Crippen LogP contribution is -2.50. The third-order valence-corrected chi connectivity index (χ3v) is 5.16. The van der Waals surface area contributed by atoms with Crippen molar-refractivity contribution in [3.05, 3.63) is 71.8 Å². The summed E-state index contributed by atoms with van der Waals surface area (Å²) in [4.78, 5) is 8.30. The van der Waals surface area contributed by atoms with Crippen LogP contribution in [0.5, 0.6) is 0 Å². The first-order valence-electron chi connectivity index (χ1n) is 8.48. The molecule has 2 aromatic carbocycles. The standard InChI is InChI=1S/C20H21N3S/c24-19-18(17-9-5-2-6-10-17)21-20(22-19)11-13-23(14-12-20)15-16-7-3-1-4-8-16/h1-10H,11-15H2,(H,22,24). The van der Waals surface area contributed by atoms with E-state index in [2.05, 4.69) is 52.7 Å². The molecule has 3 nitrogen and oxygen atoms in total. The highest BCUT2D eigenvalue weighted by Gasteiger charge is 2.40. The Morgan fingerprint density at radius 1 is 0.958 bits per heavy atom. The number of nitrogens with zero attached hydrogens (tertiary/aromatic N) is 2. The average molecular weight is 335 g/mol. The topological polar surface area (TPSA) is 27.6 Å². The Hall–Kier alpha value is -2.04. The van der Waals surface area contributed by atoms with Gasteiger partial charge in [-0.25, -0.2) is 0 Å². The SMILES string of the molecule is S=C1NC2(CCN(Cc3ccccc3)CC2)N=C1c1ccccc1. The van der Waals surface area contributed by atoms with Gasteiger partial charge in [0.15, 0.2) is 0 Å². The lowest BCUT2D eigenvalue weighted by Gasteiger charge is -2.37. The molecule has 1 spiro atoms. The molecular formula is C20H21N3S. The molecule has 122 valence electrons. The summed E-state index contributed by atoms with van der Waals surface area (Å²) in [6.07, 6.45) is 1.99. The van der Waals surface area contributed by atoms with Crippen molar-refractivity contribution in [1.82, 2.24) is 10.2 Å². The Morgan fingerprint density at radius 3 is 2.25 bits per heavy atom. The average Bonchev–Trinajstić information content (AvgIpc) is 2.95. The highest BCUT2D eigenvalue weighted by atomic mass is 32.1. The van der Waals surface area contributed by atoms with E-state index in [4.69, 9.17) is 17.2 Å². The summed E-state index contributed by atoms with van der Waals surface area (Å²) < 4.78 is 0. The van der Waals surface area contributed by atoms with Crippen molar-refractivity contribution in [3.63, 3.8) is 0 Å². The quantitative estimate of drug-likeness (QED) is 0.871. The van der Waals surface area contributed by atoms with E-state index in [9.17, 15) is 0 Å². The molecule has 0 amide bonds. The van der Waals surface area contributed by atoms with Gasteiger partial charge < -0.3 is 5.32 Å². The van der Waals surface area contributed by atoms with Gasteiger partial charge in [-0.1, -0.05) is 72.9 Å². The smallest absolute Gasteiger partial charge is 0.133 e. The van der Waals surface area contributed by atoms with Gasteiger partial charge in [0, 0.05) is 38.0 Å². The van der Waals surface area contributed by atoms with Crippen LogP contribution in [0.1, 0.15) is 24.0 Å². The van der Waals surface area contributed by atoms with Crippen molar-refractivity contribution in [2.45, 2.75) is 25.0 Å². The molecule has 1 saturated heterocycles. The van der Waals surface area contributed by atoms with Crippen LogP contribution in [0.15, 0.2) is 65.7 Å². The molecule has 2 heterocycles. The number of piperidine rings is 1. The van der Waals surface area contributed by atoms with Gasteiger partial charge in [0.1, 0.15) is 16.4 Å². The molecule has 1 fully saturated rings. The van der Waals surface area contributed by atoms with Crippen molar-refractivity contribution >= 4 is 22.9 Å². The molecule has 0 saturated carbocycles. The van der Waals surface area contributed by atoms with E-state index in [-0.39, 0.29) is 5.66 Å². The van der Waals surface area contributed by atoms with E-state index in [1.165, 1.54) is 5.56 Å². The Balaban J connectivity index is 1.45. The second-order valence-electron chi connectivity index (χ2n) is 6.57.